The number of halogens is 3. The van der Waals surface area contributed by atoms with Gasteiger partial charge in [0.2, 0.25) is 0 Å². The molecule has 0 N–H and O–H groups in total. The lowest BCUT2D eigenvalue weighted by Crippen LogP contribution is -2.43. The minimum atomic E-state index is -4.25. The van der Waals surface area contributed by atoms with E-state index in [4.69, 9.17) is 0 Å². The maximum atomic E-state index is 12.3. The number of nitrogens with zero attached hydrogens (tertiary/aromatic N) is 1. The molecule has 0 amide bonds. The molecule has 0 aliphatic carbocycles. The number of alkyl halides is 3. The Balaban J connectivity index is 2.96. The van der Waals surface area contributed by atoms with Crippen molar-refractivity contribution < 1.29 is 13.2 Å². The van der Waals surface area contributed by atoms with Crippen LogP contribution in [0.2, 0.25) is 19.6 Å². The van der Waals surface area contributed by atoms with Crippen molar-refractivity contribution in [1.29, 1.82) is 0 Å². The highest BCUT2D eigenvalue weighted by atomic mass is 28.3. The van der Waals surface area contributed by atoms with Crippen molar-refractivity contribution >= 4 is 13.9 Å². The van der Waals surface area contributed by atoms with Gasteiger partial charge >= 0.3 is 6.18 Å². The summed E-state index contributed by atoms with van der Waals surface area (Å²) < 4.78 is 39.1. The fourth-order valence-corrected chi connectivity index (χ4v) is 2.18. The van der Waals surface area contributed by atoms with Crippen molar-refractivity contribution in [2.45, 2.75) is 25.8 Å². The van der Waals surface area contributed by atoms with E-state index >= 15 is 0 Å². The first kappa shape index (κ1) is 13.1. The Morgan fingerprint density at radius 1 is 1.00 bits per heavy atom. The molecule has 0 aliphatic rings. The molecule has 1 rings (SSSR count). The van der Waals surface area contributed by atoms with E-state index < -0.39 is 20.0 Å². The molecule has 0 atom stereocenters. The normalized spacial score (nSPS) is 12.7. The minimum Gasteiger partial charge on any atom is -0.401 e. The van der Waals surface area contributed by atoms with E-state index in [1.54, 1.807) is 0 Å². The van der Waals surface area contributed by atoms with Gasteiger partial charge in [-0.05, 0) is 31.3 Å². The molecule has 0 fully saturated rings. The monoisotopic (exact) mass is 247 g/mol. The van der Waals surface area contributed by atoms with E-state index in [0.717, 1.165) is 17.8 Å². The molecule has 0 aliphatic heterocycles. The van der Waals surface area contributed by atoms with Crippen molar-refractivity contribution in [1.82, 2.24) is 0 Å². The molecule has 16 heavy (non-hydrogen) atoms. The highest BCUT2D eigenvalue weighted by molar-refractivity contribution is 6.79. The first-order chi connectivity index (χ1) is 7.12. The van der Waals surface area contributed by atoms with Crippen molar-refractivity contribution in [3.63, 3.8) is 0 Å². The molecule has 0 unspecified atom stereocenters. The zero-order valence-corrected chi connectivity index (χ0v) is 10.9. The predicted molar refractivity (Wildman–Crippen MR) is 63.2 cm³/mol. The zero-order valence-electron chi connectivity index (χ0n) is 9.89. The molecule has 0 heterocycles. The SMILES string of the molecule is CN(c1ccc(C(F)(F)F)cc1)[Si](C)(C)C. The Labute approximate surface area is 95.0 Å². The maximum absolute atomic E-state index is 12.3. The van der Waals surface area contributed by atoms with Gasteiger partial charge in [-0.1, -0.05) is 19.6 Å². The summed E-state index contributed by atoms with van der Waals surface area (Å²) in [5.74, 6) is 0. The predicted octanol–water partition coefficient (Wildman–Crippen LogP) is 3.98. The molecule has 1 nitrogen and oxygen atoms in total. The lowest BCUT2D eigenvalue weighted by atomic mass is 10.2. The first-order valence-corrected chi connectivity index (χ1v) is 8.48. The van der Waals surface area contributed by atoms with Gasteiger partial charge in [-0.2, -0.15) is 13.2 Å². The molecule has 0 aromatic heterocycles. The summed E-state index contributed by atoms with van der Waals surface area (Å²) in [6, 6.07) is 5.32. The second-order valence-electron chi connectivity index (χ2n) is 4.77. The molecule has 5 heteroatoms. The van der Waals surface area contributed by atoms with E-state index in [1.807, 2.05) is 7.05 Å². The molecule has 0 radical (unpaired) electrons. The number of anilines is 1. The molecular weight excluding hydrogens is 231 g/mol. The molecule has 0 saturated carbocycles. The summed E-state index contributed by atoms with van der Waals surface area (Å²) >= 11 is 0. The van der Waals surface area contributed by atoms with Crippen LogP contribution in [0, 0.1) is 0 Å². The highest BCUT2D eigenvalue weighted by Crippen LogP contribution is 2.31. The summed E-state index contributed by atoms with van der Waals surface area (Å²) in [5.41, 5.74) is 0.243. The number of hydrogen-bond donors (Lipinski definition) is 0. The fourth-order valence-electron chi connectivity index (χ4n) is 1.26. The second-order valence-corrected chi connectivity index (χ2v) is 9.79. The average molecular weight is 247 g/mol. The Bertz CT molecular complexity index is 351. The third-order valence-corrected chi connectivity index (χ3v) is 4.86. The van der Waals surface area contributed by atoms with Gasteiger partial charge in [-0.25, -0.2) is 0 Å². The van der Waals surface area contributed by atoms with E-state index in [1.165, 1.54) is 12.1 Å². The van der Waals surface area contributed by atoms with E-state index in [9.17, 15) is 13.2 Å². The maximum Gasteiger partial charge on any atom is 0.416 e. The second kappa shape index (κ2) is 4.12. The molecular formula is C11H16F3NSi. The van der Waals surface area contributed by atoms with Crippen LogP contribution in [0.1, 0.15) is 5.56 Å². The van der Waals surface area contributed by atoms with Crippen LogP contribution in [0.25, 0.3) is 0 Å². The van der Waals surface area contributed by atoms with Crippen LogP contribution in [0.3, 0.4) is 0 Å². The lowest BCUT2D eigenvalue weighted by Gasteiger charge is -2.32. The summed E-state index contributed by atoms with van der Waals surface area (Å²) in [4.78, 5) is 0. The van der Waals surface area contributed by atoms with Crippen molar-refractivity contribution in [2.75, 3.05) is 11.6 Å². The van der Waals surface area contributed by atoms with Gasteiger partial charge < -0.3 is 4.57 Å². The average Bonchev–Trinajstić information content (AvgIpc) is 2.14. The minimum absolute atomic E-state index is 0.597. The summed E-state index contributed by atoms with van der Waals surface area (Å²) in [7, 11) is 0.413. The zero-order chi connectivity index (χ0) is 12.6. The molecule has 0 bridgehead atoms. The number of hydrogen-bond acceptors (Lipinski definition) is 1. The van der Waals surface area contributed by atoms with Crippen LogP contribution in [0.5, 0.6) is 0 Å². The summed E-state index contributed by atoms with van der Waals surface area (Å²) in [6.07, 6.45) is -4.25. The Hall–Kier alpha value is -0.973. The summed E-state index contributed by atoms with van der Waals surface area (Å²) in [6.45, 7) is 6.43. The standard InChI is InChI=1S/C11H16F3NSi/c1-15(16(2,3)4)10-7-5-9(6-8-10)11(12,13)14/h5-8H,1-4H3. The first-order valence-electron chi connectivity index (χ1n) is 5.03. The Morgan fingerprint density at radius 2 is 1.44 bits per heavy atom. The van der Waals surface area contributed by atoms with Crippen LogP contribution in [0.4, 0.5) is 18.9 Å². The third-order valence-electron chi connectivity index (χ3n) is 2.59. The third kappa shape index (κ3) is 3.01. The van der Waals surface area contributed by atoms with Gasteiger partial charge in [-0.3, -0.25) is 0 Å². The van der Waals surface area contributed by atoms with Crippen LogP contribution in [-0.2, 0) is 6.18 Å². The van der Waals surface area contributed by atoms with Crippen LogP contribution >= 0.6 is 0 Å². The smallest absolute Gasteiger partial charge is 0.401 e. The van der Waals surface area contributed by atoms with E-state index in [0.29, 0.717) is 0 Å². The van der Waals surface area contributed by atoms with E-state index in [2.05, 4.69) is 24.2 Å². The van der Waals surface area contributed by atoms with Crippen LogP contribution < -0.4 is 4.57 Å². The number of benzene rings is 1. The molecule has 0 saturated heterocycles. The Morgan fingerprint density at radius 3 is 1.75 bits per heavy atom. The Kier molecular flexibility index (Phi) is 3.37. The van der Waals surface area contributed by atoms with Crippen molar-refractivity contribution in [2.24, 2.45) is 0 Å². The fraction of sp³-hybridized carbons (Fsp3) is 0.455. The van der Waals surface area contributed by atoms with Crippen molar-refractivity contribution in [3.05, 3.63) is 29.8 Å². The van der Waals surface area contributed by atoms with Gasteiger partial charge in [0, 0.05) is 5.69 Å². The molecule has 1 aromatic carbocycles. The highest BCUT2D eigenvalue weighted by Gasteiger charge is 2.30. The van der Waals surface area contributed by atoms with Gasteiger partial charge in [0.25, 0.3) is 0 Å². The summed E-state index contributed by atoms with van der Waals surface area (Å²) in [5, 5.41) is 0. The lowest BCUT2D eigenvalue weighted by molar-refractivity contribution is -0.137. The van der Waals surface area contributed by atoms with Crippen LogP contribution in [-0.4, -0.2) is 15.3 Å². The van der Waals surface area contributed by atoms with Gasteiger partial charge in [0.1, 0.15) is 8.24 Å². The topological polar surface area (TPSA) is 3.24 Å². The van der Waals surface area contributed by atoms with Gasteiger partial charge in [0.05, 0.1) is 5.56 Å². The molecule has 90 valence electrons. The largest absolute Gasteiger partial charge is 0.416 e. The van der Waals surface area contributed by atoms with Crippen LogP contribution in [0.15, 0.2) is 24.3 Å². The molecule has 1 aromatic rings. The van der Waals surface area contributed by atoms with Crippen molar-refractivity contribution in [3.8, 4) is 0 Å². The number of rotatable bonds is 2. The van der Waals surface area contributed by atoms with Gasteiger partial charge in [0.15, 0.2) is 0 Å². The molecule has 0 spiro atoms. The van der Waals surface area contributed by atoms with E-state index in [-0.39, 0.29) is 0 Å². The quantitative estimate of drug-likeness (QED) is 0.715. The van der Waals surface area contributed by atoms with Gasteiger partial charge in [-0.15, -0.1) is 0 Å².